The summed E-state index contributed by atoms with van der Waals surface area (Å²) in [6, 6.07) is 0. The summed E-state index contributed by atoms with van der Waals surface area (Å²) in [7, 11) is 0. The number of nitrogens with zero attached hydrogens (tertiary/aromatic N) is 2. The average Bonchev–Trinajstić information content (AvgIpc) is 2.76. The van der Waals surface area contributed by atoms with E-state index in [9.17, 15) is 0 Å². The molecule has 6 heteroatoms. The summed E-state index contributed by atoms with van der Waals surface area (Å²) in [5.41, 5.74) is -0.136. The fourth-order valence-electron chi connectivity index (χ4n) is 2.00. The highest BCUT2D eigenvalue weighted by Crippen LogP contribution is 2.16. The van der Waals surface area contributed by atoms with E-state index in [0.29, 0.717) is 24.9 Å². The number of nitrogens with one attached hydrogen (secondary N) is 1. The summed E-state index contributed by atoms with van der Waals surface area (Å²) in [5.74, 6) is 1.48. The molecule has 1 fully saturated rings. The Kier molecular flexibility index (Phi) is 4.54. The smallest absolute Gasteiger partial charge is 0.229 e. The SMILES string of the molecule is CC(C)c1nc(COCC2CNCC(C)(C)O2)no1. The zero-order valence-corrected chi connectivity index (χ0v) is 12.1. The molecule has 108 valence electrons. The van der Waals surface area contributed by atoms with E-state index in [0.717, 1.165) is 13.1 Å². The molecule has 0 amide bonds. The molecule has 6 nitrogen and oxygen atoms in total. The summed E-state index contributed by atoms with van der Waals surface area (Å²) in [4.78, 5) is 4.26. The molecular weight excluding hydrogens is 246 g/mol. The van der Waals surface area contributed by atoms with Crippen molar-refractivity contribution in [1.82, 2.24) is 15.5 Å². The molecule has 1 aliphatic rings. The minimum Gasteiger partial charge on any atom is -0.371 e. The molecule has 1 aromatic heterocycles. The van der Waals surface area contributed by atoms with Crippen LogP contribution in [0, 0.1) is 0 Å². The van der Waals surface area contributed by atoms with Crippen molar-refractivity contribution in [3.8, 4) is 0 Å². The predicted molar refractivity (Wildman–Crippen MR) is 69.9 cm³/mol. The van der Waals surface area contributed by atoms with Gasteiger partial charge in [-0.05, 0) is 13.8 Å². The zero-order chi connectivity index (χ0) is 13.9. The highest BCUT2D eigenvalue weighted by Gasteiger charge is 2.28. The first-order chi connectivity index (χ1) is 8.96. The molecule has 2 heterocycles. The molecule has 0 saturated carbocycles. The van der Waals surface area contributed by atoms with E-state index in [1.807, 2.05) is 13.8 Å². The van der Waals surface area contributed by atoms with Gasteiger partial charge in [0.1, 0.15) is 6.61 Å². The maximum atomic E-state index is 5.90. The number of hydrogen-bond acceptors (Lipinski definition) is 6. The van der Waals surface area contributed by atoms with Crippen LogP contribution in [0.3, 0.4) is 0 Å². The molecule has 0 radical (unpaired) electrons. The molecule has 1 aliphatic heterocycles. The van der Waals surface area contributed by atoms with Gasteiger partial charge in [0.05, 0.1) is 18.3 Å². The van der Waals surface area contributed by atoms with E-state index < -0.39 is 0 Å². The molecule has 0 aliphatic carbocycles. The predicted octanol–water partition coefficient (Wildman–Crippen LogP) is 1.48. The van der Waals surface area contributed by atoms with Crippen LogP contribution in [0.1, 0.15) is 45.3 Å². The van der Waals surface area contributed by atoms with Gasteiger partial charge in [0.15, 0.2) is 5.82 Å². The fourth-order valence-corrected chi connectivity index (χ4v) is 2.00. The summed E-state index contributed by atoms with van der Waals surface area (Å²) in [5, 5.41) is 7.22. The molecular formula is C13H23N3O3. The van der Waals surface area contributed by atoms with Crippen molar-refractivity contribution >= 4 is 0 Å². The lowest BCUT2D eigenvalue weighted by Crippen LogP contribution is -2.51. The minimum atomic E-state index is -0.136. The Morgan fingerprint density at radius 2 is 2.26 bits per heavy atom. The first kappa shape index (κ1) is 14.4. The van der Waals surface area contributed by atoms with Crippen molar-refractivity contribution in [2.45, 2.75) is 51.9 Å². The fraction of sp³-hybridized carbons (Fsp3) is 0.846. The van der Waals surface area contributed by atoms with Gasteiger partial charge >= 0.3 is 0 Å². The number of morpholine rings is 1. The second-order valence-electron chi connectivity index (χ2n) is 5.85. The number of hydrogen-bond donors (Lipinski definition) is 1. The standard InChI is InChI=1S/C13H23N3O3/c1-9(2)12-15-11(16-19-12)7-17-6-10-5-14-8-13(3,4)18-10/h9-10,14H,5-8H2,1-4H3. The Labute approximate surface area is 113 Å². The van der Waals surface area contributed by atoms with Crippen LogP contribution in [0.4, 0.5) is 0 Å². The number of rotatable bonds is 5. The monoisotopic (exact) mass is 269 g/mol. The maximum absolute atomic E-state index is 5.90. The van der Waals surface area contributed by atoms with E-state index in [1.54, 1.807) is 0 Å². The van der Waals surface area contributed by atoms with Crippen LogP contribution >= 0.6 is 0 Å². The van der Waals surface area contributed by atoms with Crippen molar-refractivity contribution in [3.05, 3.63) is 11.7 Å². The summed E-state index contributed by atoms with van der Waals surface area (Å²) < 4.78 is 16.6. The van der Waals surface area contributed by atoms with Gasteiger partial charge in [-0.2, -0.15) is 4.98 Å². The van der Waals surface area contributed by atoms with Crippen LogP contribution in [0.25, 0.3) is 0 Å². The van der Waals surface area contributed by atoms with Gasteiger partial charge in [-0.15, -0.1) is 0 Å². The molecule has 0 aromatic carbocycles. The Hall–Kier alpha value is -0.980. The third kappa shape index (κ3) is 4.26. The van der Waals surface area contributed by atoms with E-state index in [4.69, 9.17) is 14.0 Å². The van der Waals surface area contributed by atoms with Crippen molar-refractivity contribution < 1.29 is 14.0 Å². The van der Waals surface area contributed by atoms with E-state index in [2.05, 4.69) is 29.3 Å². The van der Waals surface area contributed by atoms with E-state index in [1.165, 1.54) is 0 Å². The second-order valence-corrected chi connectivity index (χ2v) is 5.85. The molecule has 1 saturated heterocycles. The molecule has 0 bridgehead atoms. The van der Waals surface area contributed by atoms with Gasteiger partial charge in [0, 0.05) is 19.0 Å². The molecule has 1 aromatic rings. The van der Waals surface area contributed by atoms with E-state index >= 15 is 0 Å². The Morgan fingerprint density at radius 3 is 2.89 bits per heavy atom. The highest BCUT2D eigenvalue weighted by atomic mass is 16.5. The van der Waals surface area contributed by atoms with Gasteiger partial charge in [0.25, 0.3) is 0 Å². The van der Waals surface area contributed by atoms with Gasteiger partial charge in [-0.3, -0.25) is 0 Å². The van der Waals surface area contributed by atoms with Gasteiger partial charge in [-0.1, -0.05) is 19.0 Å². The number of ether oxygens (including phenoxy) is 2. The first-order valence-electron chi connectivity index (χ1n) is 6.75. The van der Waals surface area contributed by atoms with E-state index in [-0.39, 0.29) is 17.6 Å². The summed E-state index contributed by atoms with van der Waals surface area (Å²) >= 11 is 0. The first-order valence-corrected chi connectivity index (χ1v) is 6.75. The van der Waals surface area contributed by atoms with Crippen LogP contribution in [0.5, 0.6) is 0 Å². The van der Waals surface area contributed by atoms with Crippen LogP contribution in [0.2, 0.25) is 0 Å². The Balaban J connectivity index is 1.74. The zero-order valence-electron chi connectivity index (χ0n) is 12.1. The molecule has 1 N–H and O–H groups in total. The van der Waals surface area contributed by atoms with Crippen LogP contribution in [0.15, 0.2) is 4.52 Å². The van der Waals surface area contributed by atoms with Crippen molar-refractivity contribution in [3.63, 3.8) is 0 Å². The van der Waals surface area contributed by atoms with Gasteiger partial charge < -0.3 is 19.3 Å². The largest absolute Gasteiger partial charge is 0.371 e. The lowest BCUT2D eigenvalue weighted by Gasteiger charge is -2.36. The normalized spacial score (nSPS) is 22.9. The molecule has 2 rings (SSSR count). The second kappa shape index (κ2) is 5.98. The summed E-state index contributed by atoms with van der Waals surface area (Å²) in [6.07, 6.45) is 0.0696. The van der Waals surface area contributed by atoms with Crippen LogP contribution < -0.4 is 5.32 Å². The quantitative estimate of drug-likeness (QED) is 0.873. The average molecular weight is 269 g/mol. The van der Waals surface area contributed by atoms with Crippen molar-refractivity contribution in [1.29, 1.82) is 0 Å². The van der Waals surface area contributed by atoms with Gasteiger partial charge in [-0.25, -0.2) is 0 Å². The Bertz CT molecular complexity index is 404. The number of aromatic nitrogens is 2. The molecule has 1 unspecified atom stereocenters. The van der Waals surface area contributed by atoms with Crippen LogP contribution in [-0.4, -0.2) is 41.5 Å². The third-order valence-corrected chi connectivity index (χ3v) is 2.92. The lowest BCUT2D eigenvalue weighted by atomic mass is 10.1. The van der Waals surface area contributed by atoms with Crippen molar-refractivity contribution in [2.75, 3.05) is 19.7 Å². The minimum absolute atomic E-state index is 0.0696. The summed E-state index contributed by atoms with van der Waals surface area (Å²) in [6.45, 7) is 10.7. The molecule has 1 atom stereocenters. The van der Waals surface area contributed by atoms with Crippen LogP contribution in [-0.2, 0) is 16.1 Å². The third-order valence-electron chi connectivity index (χ3n) is 2.92. The Morgan fingerprint density at radius 1 is 1.47 bits per heavy atom. The van der Waals surface area contributed by atoms with Crippen molar-refractivity contribution in [2.24, 2.45) is 0 Å². The maximum Gasteiger partial charge on any atom is 0.229 e. The topological polar surface area (TPSA) is 69.4 Å². The van der Waals surface area contributed by atoms with Gasteiger partial charge in [0.2, 0.25) is 5.89 Å². The highest BCUT2D eigenvalue weighted by molar-refractivity contribution is 4.89. The molecule has 19 heavy (non-hydrogen) atoms. The lowest BCUT2D eigenvalue weighted by molar-refractivity contribution is -0.122. The molecule has 0 spiro atoms.